The summed E-state index contributed by atoms with van der Waals surface area (Å²) >= 11 is 0. The largest absolute Gasteiger partial charge is 0.253 e. The van der Waals surface area contributed by atoms with Gasteiger partial charge in [-0.25, -0.2) is 8.78 Å². The highest BCUT2D eigenvalue weighted by Crippen LogP contribution is 2.17. The molecule has 0 amide bonds. The van der Waals surface area contributed by atoms with Gasteiger partial charge in [0.2, 0.25) is 0 Å². The van der Waals surface area contributed by atoms with Gasteiger partial charge in [-0.05, 0) is 35.4 Å². The van der Waals surface area contributed by atoms with Crippen molar-refractivity contribution in [2.45, 2.75) is 0 Å². The van der Waals surface area contributed by atoms with Crippen LogP contribution in [0.4, 0.5) is 20.2 Å². The van der Waals surface area contributed by atoms with Crippen LogP contribution in [-0.4, -0.2) is 12.4 Å². The van der Waals surface area contributed by atoms with Gasteiger partial charge in [0.05, 0.1) is 11.4 Å². The molecule has 0 fully saturated rings. The molecule has 0 aliphatic carbocycles. The standard InChI is InChI=1S/C20H14F2N2/c21-17-5-1-3-7-19(17)23-13-15-9-11-16(12-10-15)14-24-20-8-4-2-6-18(20)22/h1-14H. The van der Waals surface area contributed by atoms with Gasteiger partial charge < -0.3 is 0 Å². The SMILES string of the molecule is Fc1ccccc1N=Cc1ccc(C=Nc2ccccc2F)cc1. The van der Waals surface area contributed by atoms with Crippen LogP contribution in [0.1, 0.15) is 11.1 Å². The van der Waals surface area contributed by atoms with Crippen LogP contribution in [0, 0.1) is 11.6 Å². The molecule has 0 atom stereocenters. The fraction of sp³-hybridized carbons (Fsp3) is 0. The second kappa shape index (κ2) is 7.42. The third-order valence-electron chi connectivity index (χ3n) is 3.35. The Balaban J connectivity index is 1.72. The number of rotatable bonds is 4. The number of aliphatic imine (C=N–C) groups is 2. The number of benzene rings is 3. The Hall–Kier alpha value is -3.14. The summed E-state index contributed by atoms with van der Waals surface area (Å²) in [6, 6.07) is 20.0. The highest BCUT2D eigenvalue weighted by molar-refractivity contribution is 5.86. The van der Waals surface area contributed by atoms with Crippen LogP contribution in [0.15, 0.2) is 82.8 Å². The molecule has 0 saturated carbocycles. The highest BCUT2D eigenvalue weighted by atomic mass is 19.1. The highest BCUT2D eigenvalue weighted by Gasteiger charge is 1.98. The monoisotopic (exact) mass is 320 g/mol. The summed E-state index contributed by atoms with van der Waals surface area (Å²) < 4.78 is 27.0. The van der Waals surface area contributed by atoms with E-state index in [4.69, 9.17) is 0 Å². The molecule has 3 aromatic carbocycles. The predicted octanol–water partition coefficient (Wildman–Crippen LogP) is 5.47. The van der Waals surface area contributed by atoms with Crippen LogP contribution in [0.5, 0.6) is 0 Å². The Labute approximate surface area is 138 Å². The molecule has 0 heterocycles. The van der Waals surface area contributed by atoms with Crippen LogP contribution in [0.25, 0.3) is 0 Å². The third-order valence-corrected chi connectivity index (χ3v) is 3.35. The minimum absolute atomic E-state index is 0.294. The third kappa shape index (κ3) is 3.98. The van der Waals surface area contributed by atoms with Crippen LogP contribution >= 0.6 is 0 Å². The summed E-state index contributed by atoms with van der Waals surface area (Å²) in [5.41, 5.74) is 2.26. The van der Waals surface area contributed by atoms with E-state index >= 15 is 0 Å². The molecule has 0 unspecified atom stereocenters. The molecule has 0 saturated heterocycles. The minimum Gasteiger partial charge on any atom is -0.253 e. The van der Waals surface area contributed by atoms with Crippen LogP contribution in [-0.2, 0) is 0 Å². The maximum absolute atomic E-state index is 13.5. The second-order valence-corrected chi connectivity index (χ2v) is 5.09. The van der Waals surface area contributed by atoms with Gasteiger partial charge in [0.25, 0.3) is 0 Å². The molecule has 3 rings (SSSR count). The summed E-state index contributed by atoms with van der Waals surface area (Å²) in [7, 11) is 0. The zero-order chi connectivity index (χ0) is 16.8. The van der Waals surface area contributed by atoms with Gasteiger partial charge in [0, 0.05) is 12.4 Å². The molecule has 3 aromatic rings. The van der Waals surface area contributed by atoms with Gasteiger partial charge in [-0.2, -0.15) is 0 Å². The lowest BCUT2D eigenvalue weighted by molar-refractivity contribution is 0.630. The molecule has 0 aliphatic rings. The second-order valence-electron chi connectivity index (χ2n) is 5.09. The first-order valence-corrected chi connectivity index (χ1v) is 7.39. The first kappa shape index (κ1) is 15.7. The molecule has 118 valence electrons. The van der Waals surface area contributed by atoms with E-state index in [0.29, 0.717) is 11.4 Å². The molecule has 2 nitrogen and oxygen atoms in total. The average molecular weight is 320 g/mol. The Morgan fingerprint density at radius 2 is 0.917 bits per heavy atom. The Bertz CT molecular complexity index is 810. The lowest BCUT2D eigenvalue weighted by atomic mass is 10.1. The first-order valence-electron chi connectivity index (χ1n) is 7.39. The first-order chi connectivity index (χ1) is 11.7. The van der Waals surface area contributed by atoms with Crippen LogP contribution < -0.4 is 0 Å². The van der Waals surface area contributed by atoms with Crippen molar-refractivity contribution in [2.75, 3.05) is 0 Å². The normalized spacial score (nSPS) is 11.4. The lowest BCUT2D eigenvalue weighted by Gasteiger charge is -1.98. The van der Waals surface area contributed by atoms with Crippen molar-refractivity contribution in [3.8, 4) is 0 Å². The Morgan fingerprint density at radius 1 is 0.542 bits per heavy atom. The molecular weight excluding hydrogens is 306 g/mol. The van der Waals surface area contributed by atoms with E-state index in [2.05, 4.69) is 9.98 Å². The van der Waals surface area contributed by atoms with Crippen molar-refractivity contribution >= 4 is 23.8 Å². The van der Waals surface area contributed by atoms with E-state index in [0.717, 1.165) is 11.1 Å². The number of halogens is 2. The summed E-state index contributed by atoms with van der Waals surface area (Å²) in [5, 5.41) is 0. The van der Waals surface area contributed by atoms with E-state index in [9.17, 15) is 8.78 Å². The van der Waals surface area contributed by atoms with Gasteiger partial charge in [0.15, 0.2) is 0 Å². The van der Waals surface area contributed by atoms with E-state index in [1.54, 1.807) is 48.8 Å². The number of hydrogen-bond donors (Lipinski definition) is 0. The molecule has 0 radical (unpaired) electrons. The maximum atomic E-state index is 13.5. The number of nitrogens with zero attached hydrogens (tertiary/aromatic N) is 2. The molecule has 24 heavy (non-hydrogen) atoms. The minimum atomic E-state index is -0.359. The Kier molecular flexibility index (Phi) is 4.87. The zero-order valence-corrected chi connectivity index (χ0v) is 12.7. The fourth-order valence-corrected chi connectivity index (χ4v) is 2.07. The number of hydrogen-bond acceptors (Lipinski definition) is 2. The smallest absolute Gasteiger partial charge is 0.148 e. The van der Waals surface area contributed by atoms with Gasteiger partial charge >= 0.3 is 0 Å². The summed E-state index contributed by atoms with van der Waals surface area (Å²) in [6.07, 6.45) is 3.19. The van der Waals surface area contributed by atoms with E-state index in [-0.39, 0.29) is 11.6 Å². The maximum Gasteiger partial charge on any atom is 0.148 e. The van der Waals surface area contributed by atoms with Crippen molar-refractivity contribution in [3.63, 3.8) is 0 Å². The summed E-state index contributed by atoms with van der Waals surface area (Å²) in [6.45, 7) is 0. The van der Waals surface area contributed by atoms with Crippen molar-refractivity contribution in [2.24, 2.45) is 9.98 Å². The molecule has 0 N–H and O–H groups in total. The van der Waals surface area contributed by atoms with E-state index < -0.39 is 0 Å². The van der Waals surface area contributed by atoms with Gasteiger partial charge in [-0.1, -0.05) is 48.5 Å². The predicted molar refractivity (Wildman–Crippen MR) is 93.8 cm³/mol. The molecule has 0 aromatic heterocycles. The van der Waals surface area contributed by atoms with Crippen molar-refractivity contribution in [1.29, 1.82) is 0 Å². The Morgan fingerprint density at radius 3 is 1.29 bits per heavy atom. The molecule has 0 aliphatic heterocycles. The molecular formula is C20H14F2N2. The summed E-state index contributed by atoms with van der Waals surface area (Å²) in [4.78, 5) is 8.26. The van der Waals surface area contributed by atoms with E-state index in [1.807, 2.05) is 24.3 Å². The average Bonchev–Trinajstić information content (AvgIpc) is 2.61. The van der Waals surface area contributed by atoms with Crippen molar-refractivity contribution < 1.29 is 8.78 Å². The zero-order valence-electron chi connectivity index (χ0n) is 12.7. The van der Waals surface area contributed by atoms with Crippen LogP contribution in [0.2, 0.25) is 0 Å². The number of para-hydroxylation sites is 2. The van der Waals surface area contributed by atoms with Gasteiger partial charge in [0.1, 0.15) is 11.6 Å². The molecule has 4 heteroatoms. The van der Waals surface area contributed by atoms with E-state index in [1.165, 1.54) is 12.1 Å². The van der Waals surface area contributed by atoms with Crippen LogP contribution in [0.3, 0.4) is 0 Å². The lowest BCUT2D eigenvalue weighted by Crippen LogP contribution is -1.85. The fourth-order valence-electron chi connectivity index (χ4n) is 2.07. The molecule has 0 spiro atoms. The quantitative estimate of drug-likeness (QED) is 0.570. The van der Waals surface area contributed by atoms with Gasteiger partial charge in [-0.15, -0.1) is 0 Å². The van der Waals surface area contributed by atoms with Crippen molar-refractivity contribution in [3.05, 3.63) is 95.6 Å². The van der Waals surface area contributed by atoms with Crippen molar-refractivity contribution in [1.82, 2.24) is 0 Å². The molecule has 0 bridgehead atoms. The summed E-state index contributed by atoms with van der Waals surface area (Å²) in [5.74, 6) is -0.718. The topological polar surface area (TPSA) is 24.7 Å². The van der Waals surface area contributed by atoms with Gasteiger partial charge in [-0.3, -0.25) is 9.98 Å².